The molecule has 0 N–H and O–H groups in total. The smallest absolute Gasteiger partial charge is 0.0960 e. The molecule has 14 heavy (non-hydrogen) atoms. The van der Waals surface area contributed by atoms with E-state index in [4.69, 9.17) is 11.6 Å². The molecular weight excluding hydrogens is 280 g/mol. The molecule has 1 heterocycles. The Hall–Kier alpha value is 0.470. The lowest BCUT2D eigenvalue weighted by molar-refractivity contribution is 0.556. The summed E-state index contributed by atoms with van der Waals surface area (Å²) in [6.45, 7) is 6.57. The molecule has 0 radical (unpaired) electrons. The first-order valence-corrected chi connectivity index (χ1v) is 7.01. The van der Waals surface area contributed by atoms with Gasteiger partial charge in [-0.1, -0.05) is 41.4 Å². The lowest BCUT2D eigenvalue weighted by Gasteiger charge is -2.08. The number of rotatable bonds is 4. The van der Waals surface area contributed by atoms with E-state index in [0.29, 0.717) is 4.83 Å². The zero-order chi connectivity index (χ0) is 10.7. The molecule has 1 rings (SSSR count). The number of halogens is 2. The monoisotopic (exact) mass is 294 g/mol. The lowest BCUT2D eigenvalue weighted by Crippen LogP contribution is -1.91. The average molecular weight is 296 g/mol. The Labute approximate surface area is 104 Å². The number of alkyl halides is 1. The minimum Gasteiger partial charge on any atom is -0.127 e. The van der Waals surface area contributed by atoms with Crippen LogP contribution in [0.1, 0.15) is 42.0 Å². The maximum absolute atomic E-state index is 6.03. The summed E-state index contributed by atoms with van der Waals surface area (Å²) < 4.78 is 0.925. The third-order valence-corrected chi connectivity index (χ3v) is 5.11. The maximum atomic E-state index is 6.03. The summed E-state index contributed by atoms with van der Waals surface area (Å²) in [5.74, 6) is 0.770. The molecule has 0 bridgehead atoms. The van der Waals surface area contributed by atoms with E-state index in [1.165, 1.54) is 23.3 Å². The van der Waals surface area contributed by atoms with Gasteiger partial charge in [-0.3, -0.25) is 0 Å². The fourth-order valence-electron chi connectivity index (χ4n) is 1.26. The molecule has 1 atom stereocenters. The highest BCUT2D eigenvalue weighted by atomic mass is 79.9. The zero-order valence-electron chi connectivity index (χ0n) is 8.81. The molecule has 1 unspecified atom stereocenters. The van der Waals surface area contributed by atoms with Gasteiger partial charge in [-0.2, -0.15) is 0 Å². The normalized spacial score (nSPS) is 13.6. The van der Waals surface area contributed by atoms with E-state index in [2.05, 4.69) is 42.8 Å². The van der Waals surface area contributed by atoms with Crippen molar-refractivity contribution in [2.24, 2.45) is 5.92 Å². The first kappa shape index (κ1) is 12.5. The second kappa shape index (κ2) is 5.53. The minimum atomic E-state index is 0.473. The molecule has 0 spiro atoms. The summed E-state index contributed by atoms with van der Waals surface area (Å²) >= 11 is 11.4. The first-order chi connectivity index (χ1) is 6.50. The van der Waals surface area contributed by atoms with Gasteiger partial charge in [0.25, 0.3) is 0 Å². The second-order valence-electron chi connectivity index (χ2n) is 4.04. The molecule has 0 nitrogen and oxygen atoms in total. The van der Waals surface area contributed by atoms with Gasteiger partial charge in [-0.05, 0) is 37.3 Å². The van der Waals surface area contributed by atoms with Crippen molar-refractivity contribution < 1.29 is 0 Å². The highest BCUT2D eigenvalue weighted by Gasteiger charge is 2.12. The van der Waals surface area contributed by atoms with Crippen molar-refractivity contribution in [2.75, 3.05) is 0 Å². The fraction of sp³-hybridized carbons (Fsp3) is 0.636. The van der Waals surface area contributed by atoms with Gasteiger partial charge in [0.1, 0.15) is 0 Å². The van der Waals surface area contributed by atoms with Crippen LogP contribution in [-0.4, -0.2) is 0 Å². The Kier molecular flexibility index (Phi) is 4.95. The van der Waals surface area contributed by atoms with Crippen LogP contribution in [0.25, 0.3) is 0 Å². The van der Waals surface area contributed by atoms with Gasteiger partial charge in [0.2, 0.25) is 0 Å². The van der Waals surface area contributed by atoms with Crippen molar-refractivity contribution in [1.82, 2.24) is 0 Å². The van der Waals surface area contributed by atoms with E-state index in [-0.39, 0.29) is 0 Å². The summed E-state index contributed by atoms with van der Waals surface area (Å²) in [5.41, 5.74) is 1.20. The van der Waals surface area contributed by atoms with Crippen LogP contribution in [0.4, 0.5) is 0 Å². The standard InChI is InChI=1S/C11H16BrClS/c1-7(2)4-5-9(12)10-6-8(3)11(13)14-10/h6-7,9H,4-5H2,1-3H3. The van der Waals surface area contributed by atoms with Gasteiger partial charge in [0.05, 0.1) is 4.34 Å². The molecule has 0 saturated heterocycles. The van der Waals surface area contributed by atoms with E-state index in [0.717, 1.165) is 10.3 Å². The first-order valence-electron chi connectivity index (χ1n) is 4.90. The van der Waals surface area contributed by atoms with Crippen LogP contribution < -0.4 is 0 Å². The molecule has 0 amide bonds. The number of aryl methyl sites for hydroxylation is 1. The number of hydrogen-bond acceptors (Lipinski definition) is 1. The molecule has 0 fully saturated rings. The largest absolute Gasteiger partial charge is 0.127 e. The van der Waals surface area contributed by atoms with E-state index in [1.807, 2.05) is 0 Å². The zero-order valence-corrected chi connectivity index (χ0v) is 12.0. The molecule has 1 aromatic heterocycles. The lowest BCUT2D eigenvalue weighted by atomic mass is 10.1. The summed E-state index contributed by atoms with van der Waals surface area (Å²) in [7, 11) is 0. The van der Waals surface area contributed by atoms with Gasteiger partial charge in [0.15, 0.2) is 0 Å². The third-order valence-electron chi connectivity index (χ3n) is 2.18. The van der Waals surface area contributed by atoms with Crippen LogP contribution in [-0.2, 0) is 0 Å². The van der Waals surface area contributed by atoms with Crippen LogP contribution in [0.15, 0.2) is 6.07 Å². The Morgan fingerprint density at radius 3 is 2.50 bits per heavy atom. The van der Waals surface area contributed by atoms with Crippen molar-refractivity contribution in [3.8, 4) is 0 Å². The predicted molar refractivity (Wildman–Crippen MR) is 69.8 cm³/mol. The molecular formula is C11H16BrClS. The molecule has 0 aliphatic heterocycles. The molecule has 0 aliphatic carbocycles. The average Bonchev–Trinajstić information content (AvgIpc) is 2.43. The van der Waals surface area contributed by atoms with Crippen LogP contribution >= 0.6 is 38.9 Å². The van der Waals surface area contributed by atoms with Gasteiger partial charge in [-0.25, -0.2) is 0 Å². The van der Waals surface area contributed by atoms with Crippen LogP contribution in [0, 0.1) is 12.8 Å². The van der Waals surface area contributed by atoms with Crippen LogP contribution in [0.2, 0.25) is 4.34 Å². The van der Waals surface area contributed by atoms with Crippen molar-refractivity contribution >= 4 is 38.9 Å². The summed E-state index contributed by atoms with van der Waals surface area (Å²) in [4.78, 5) is 1.83. The third kappa shape index (κ3) is 3.56. The van der Waals surface area contributed by atoms with Gasteiger partial charge < -0.3 is 0 Å². The van der Waals surface area contributed by atoms with Gasteiger partial charge in [-0.15, -0.1) is 11.3 Å². The molecule has 0 saturated carbocycles. The Morgan fingerprint density at radius 2 is 2.07 bits per heavy atom. The molecule has 3 heteroatoms. The van der Waals surface area contributed by atoms with Crippen molar-refractivity contribution in [3.05, 3.63) is 20.8 Å². The maximum Gasteiger partial charge on any atom is 0.0960 e. The fourth-order valence-corrected chi connectivity index (χ4v) is 3.17. The van der Waals surface area contributed by atoms with E-state index >= 15 is 0 Å². The molecule has 0 aromatic carbocycles. The quantitative estimate of drug-likeness (QED) is 0.636. The van der Waals surface area contributed by atoms with Gasteiger partial charge in [0, 0.05) is 9.70 Å². The summed E-state index contributed by atoms with van der Waals surface area (Å²) in [6.07, 6.45) is 2.44. The Balaban J connectivity index is 2.56. The van der Waals surface area contributed by atoms with E-state index in [9.17, 15) is 0 Å². The summed E-state index contributed by atoms with van der Waals surface area (Å²) in [5, 5.41) is 0. The Bertz CT molecular complexity index is 274. The topological polar surface area (TPSA) is 0 Å². The van der Waals surface area contributed by atoms with Crippen molar-refractivity contribution in [2.45, 2.75) is 38.4 Å². The SMILES string of the molecule is Cc1cc(C(Br)CCC(C)C)sc1Cl. The molecule has 80 valence electrons. The molecule has 0 aliphatic rings. The van der Waals surface area contributed by atoms with E-state index < -0.39 is 0 Å². The second-order valence-corrected chi connectivity index (χ2v) is 6.84. The number of hydrogen-bond donors (Lipinski definition) is 0. The minimum absolute atomic E-state index is 0.473. The van der Waals surface area contributed by atoms with Crippen LogP contribution in [0.3, 0.4) is 0 Å². The van der Waals surface area contributed by atoms with Crippen molar-refractivity contribution in [3.63, 3.8) is 0 Å². The van der Waals surface area contributed by atoms with E-state index in [1.54, 1.807) is 11.3 Å². The Morgan fingerprint density at radius 1 is 1.43 bits per heavy atom. The predicted octanol–water partition coefficient (Wildman–Crippen LogP) is 5.58. The highest BCUT2D eigenvalue weighted by Crippen LogP contribution is 2.37. The van der Waals surface area contributed by atoms with Crippen molar-refractivity contribution in [1.29, 1.82) is 0 Å². The summed E-state index contributed by atoms with van der Waals surface area (Å²) in [6, 6.07) is 2.19. The highest BCUT2D eigenvalue weighted by molar-refractivity contribution is 9.09. The van der Waals surface area contributed by atoms with Crippen LogP contribution in [0.5, 0.6) is 0 Å². The van der Waals surface area contributed by atoms with Gasteiger partial charge >= 0.3 is 0 Å². The molecule has 1 aromatic rings. The number of thiophene rings is 1.